The third kappa shape index (κ3) is 1.79. The van der Waals surface area contributed by atoms with E-state index in [1.54, 1.807) is 6.92 Å². The van der Waals surface area contributed by atoms with Gasteiger partial charge < -0.3 is 4.90 Å². The fraction of sp³-hybridized carbons (Fsp3) is 0.700. The van der Waals surface area contributed by atoms with Crippen molar-refractivity contribution < 1.29 is 4.79 Å². The number of amides is 1. The van der Waals surface area contributed by atoms with E-state index in [9.17, 15) is 4.79 Å². The van der Waals surface area contributed by atoms with E-state index < -0.39 is 0 Å². The Morgan fingerprint density at radius 2 is 2.42 bits per heavy atom. The molecule has 1 rings (SSSR count). The first-order chi connectivity index (χ1) is 5.79. The predicted molar refractivity (Wildman–Crippen MR) is 48.5 cm³/mol. The van der Waals surface area contributed by atoms with Crippen LogP contribution in [0.15, 0.2) is 0 Å². The lowest BCUT2D eigenvalue weighted by Crippen LogP contribution is -2.33. The third-order valence-corrected chi connectivity index (χ3v) is 2.34. The summed E-state index contributed by atoms with van der Waals surface area (Å²) in [5.74, 6) is 5.24. The van der Waals surface area contributed by atoms with Crippen molar-refractivity contribution in [1.29, 1.82) is 0 Å². The molecule has 0 spiro atoms. The molecule has 12 heavy (non-hydrogen) atoms. The number of rotatable bonds is 1. The minimum Gasteiger partial charge on any atom is -0.329 e. The van der Waals surface area contributed by atoms with Gasteiger partial charge in [0, 0.05) is 12.6 Å². The molecule has 0 aromatic heterocycles. The van der Waals surface area contributed by atoms with E-state index in [0.29, 0.717) is 6.04 Å². The highest BCUT2D eigenvalue weighted by Gasteiger charge is 2.25. The first-order valence-electron chi connectivity index (χ1n) is 4.53. The van der Waals surface area contributed by atoms with E-state index in [1.807, 2.05) is 4.90 Å². The summed E-state index contributed by atoms with van der Waals surface area (Å²) in [5.41, 5.74) is 0. The summed E-state index contributed by atoms with van der Waals surface area (Å²) < 4.78 is 0. The van der Waals surface area contributed by atoms with Gasteiger partial charge in [-0.05, 0) is 32.1 Å². The quantitative estimate of drug-likeness (QED) is 0.538. The Balaban J connectivity index is 2.59. The largest absolute Gasteiger partial charge is 0.329 e. The van der Waals surface area contributed by atoms with Crippen LogP contribution in [-0.4, -0.2) is 23.4 Å². The fourth-order valence-electron chi connectivity index (χ4n) is 1.71. The highest BCUT2D eigenvalue weighted by molar-refractivity contribution is 5.93. The minimum atomic E-state index is 0.00171. The molecule has 1 aliphatic rings. The molecule has 0 N–H and O–H groups in total. The second-order valence-electron chi connectivity index (χ2n) is 3.08. The lowest BCUT2D eigenvalue weighted by molar-refractivity contribution is -0.125. The van der Waals surface area contributed by atoms with Crippen LogP contribution in [0.25, 0.3) is 0 Å². The fourth-order valence-corrected chi connectivity index (χ4v) is 1.71. The van der Waals surface area contributed by atoms with Crippen molar-refractivity contribution in [3.8, 4) is 11.8 Å². The van der Waals surface area contributed by atoms with Crippen LogP contribution in [0, 0.1) is 11.8 Å². The van der Waals surface area contributed by atoms with E-state index in [-0.39, 0.29) is 5.91 Å². The molecule has 1 atom stereocenters. The van der Waals surface area contributed by atoms with Crippen molar-refractivity contribution in [2.24, 2.45) is 0 Å². The Morgan fingerprint density at radius 1 is 1.67 bits per heavy atom. The van der Waals surface area contributed by atoms with Gasteiger partial charge in [0.05, 0.1) is 0 Å². The van der Waals surface area contributed by atoms with Gasteiger partial charge in [0.1, 0.15) is 0 Å². The van der Waals surface area contributed by atoms with Crippen LogP contribution in [0.3, 0.4) is 0 Å². The molecular weight excluding hydrogens is 150 g/mol. The first kappa shape index (κ1) is 9.12. The summed E-state index contributed by atoms with van der Waals surface area (Å²) in [4.78, 5) is 13.3. The molecule has 2 nitrogen and oxygen atoms in total. The molecule has 0 radical (unpaired) electrons. The maximum atomic E-state index is 11.4. The molecule has 1 aliphatic heterocycles. The van der Waals surface area contributed by atoms with Gasteiger partial charge in [0.25, 0.3) is 5.91 Å². The molecule has 0 bridgehead atoms. The van der Waals surface area contributed by atoms with Crippen LogP contribution >= 0.6 is 0 Å². The van der Waals surface area contributed by atoms with Crippen LogP contribution in [0.1, 0.15) is 33.1 Å². The lowest BCUT2D eigenvalue weighted by Gasteiger charge is -2.20. The summed E-state index contributed by atoms with van der Waals surface area (Å²) in [6.45, 7) is 4.72. The van der Waals surface area contributed by atoms with Crippen LogP contribution in [0.5, 0.6) is 0 Å². The van der Waals surface area contributed by atoms with Crippen molar-refractivity contribution >= 4 is 5.91 Å². The molecule has 0 aliphatic carbocycles. The zero-order valence-corrected chi connectivity index (χ0v) is 7.76. The number of nitrogens with zero attached hydrogens (tertiary/aromatic N) is 1. The van der Waals surface area contributed by atoms with E-state index in [4.69, 9.17) is 0 Å². The molecular formula is C10H15NO. The highest BCUT2D eigenvalue weighted by atomic mass is 16.2. The Kier molecular flexibility index (Phi) is 3.16. The average Bonchev–Trinajstić information content (AvgIpc) is 2.51. The third-order valence-electron chi connectivity index (χ3n) is 2.34. The van der Waals surface area contributed by atoms with E-state index in [0.717, 1.165) is 25.8 Å². The number of carbonyl (C=O) groups is 1. The Bertz CT molecular complexity index is 224. The van der Waals surface area contributed by atoms with Gasteiger partial charge in [-0.25, -0.2) is 0 Å². The maximum absolute atomic E-state index is 11.4. The minimum absolute atomic E-state index is 0.00171. The van der Waals surface area contributed by atoms with Gasteiger partial charge in [-0.3, -0.25) is 4.79 Å². The number of hydrogen-bond acceptors (Lipinski definition) is 1. The van der Waals surface area contributed by atoms with Crippen molar-refractivity contribution in [2.45, 2.75) is 39.2 Å². The summed E-state index contributed by atoms with van der Waals surface area (Å²) >= 11 is 0. The summed E-state index contributed by atoms with van der Waals surface area (Å²) in [6.07, 6.45) is 3.33. The molecule has 1 saturated heterocycles. The van der Waals surface area contributed by atoms with Crippen LogP contribution in [0.4, 0.5) is 0 Å². The van der Waals surface area contributed by atoms with Gasteiger partial charge in [-0.2, -0.15) is 0 Å². The molecule has 0 unspecified atom stereocenters. The van der Waals surface area contributed by atoms with Gasteiger partial charge in [0.2, 0.25) is 0 Å². The standard InChI is InChI=1S/C10H15NO/c1-3-6-10(12)11-8-5-7-9(11)4-2/h9H,4-5,7-8H2,1-2H3/t9-/m0/s1. The number of hydrogen-bond donors (Lipinski definition) is 0. The molecule has 1 fully saturated rings. The molecule has 1 heterocycles. The predicted octanol–water partition coefficient (Wildman–Crippen LogP) is 1.41. The average molecular weight is 165 g/mol. The van der Waals surface area contributed by atoms with Gasteiger partial charge in [-0.1, -0.05) is 12.8 Å². The van der Waals surface area contributed by atoms with Crippen molar-refractivity contribution in [2.75, 3.05) is 6.54 Å². The zero-order chi connectivity index (χ0) is 8.97. The molecule has 0 saturated carbocycles. The maximum Gasteiger partial charge on any atom is 0.298 e. The van der Waals surface area contributed by atoms with Crippen LogP contribution in [-0.2, 0) is 4.79 Å². The van der Waals surface area contributed by atoms with Crippen molar-refractivity contribution in [3.05, 3.63) is 0 Å². The van der Waals surface area contributed by atoms with Crippen molar-refractivity contribution in [1.82, 2.24) is 4.90 Å². The van der Waals surface area contributed by atoms with Gasteiger partial charge >= 0.3 is 0 Å². The Hall–Kier alpha value is -0.970. The van der Waals surface area contributed by atoms with Gasteiger partial charge in [-0.15, -0.1) is 0 Å². The highest BCUT2D eigenvalue weighted by Crippen LogP contribution is 2.19. The number of carbonyl (C=O) groups excluding carboxylic acids is 1. The first-order valence-corrected chi connectivity index (χ1v) is 4.53. The normalized spacial score (nSPS) is 21.8. The topological polar surface area (TPSA) is 20.3 Å². The second kappa shape index (κ2) is 4.15. The monoisotopic (exact) mass is 165 g/mol. The molecule has 1 amide bonds. The Labute approximate surface area is 73.9 Å². The molecule has 2 heteroatoms. The van der Waals surface area contributed by atoms with E-state index in [1.165, 1.54) is 0 Å². The summed E-state index contributed by atoms with van der Waals surface area (Å²) in [5, 5.41) is 0. The van der Waals surface area contributed by atoms with E-state index in [2.05, 4.69) is 18.8 Å². The van der Waals surface area contributed by atoms with E-state index >= 15 is 0 Å². The van der Waals surface area contributed by atoms with Crippen LogP contribution < -0.4 is 0 Å². The van der Waals surface area contributed by atoms with Gasteiger partial charge in [0.15, 0.2) is 0 Å². The Morgan fingerprint density at radius 3 is 3.00 bits per heavy atom. The zero-order valence-electron chi connectivity index (χ0n) is 7.76. The van der Waals surface area contributed by atoms with Crippen molar-refractivity contribution in [3.63, 3.8) is 0 Å². The summed E-state index contributed by atoms with van der Waals surface area (Å²) in [7, 11) is 0. The second-order valence-corrected chi connectivity index (χ2v) is 3.08. The SMILES string of the molecule is CC#CC(=O)N1CCC[C@@H]1CC. The number of likely N-dealkylation sites (tertiary alicyclic amines) is 1. The lowest BCUT2D eigenvalue weighted by atomic mass is 10.2. The van der Waals surface area contributed by atoms with Crippen LogP contribution in [0.2, 0.25) is 0 Å². The molecule has 0 aromatic carbocycles. The molecule has 0 aromatic rings. The summed E-state index contributed by atoms with van der Waals surface area (Å²) in [6, 6.07) is 0.443. The smallest absolute Gasteiger partial charge is 0.298 e. The molecule has 66 valence electrons.